The Morgan fingerprint density at radius 2 is 2.16 bits per heavy atom. The predicted octanol–water partition coefficient (Wildman–Crippen LogP) is 1.65. The van der Waals surface area contributed by atoms with Crippen molar-refractivity contribution in [2.75, 3.05) is 26.7 Å². The van der Waals surface area contributed by atoms with Gasteiger partial charge in [0.25, 0.3) is 0 Å². The second kappa shape index (κ2) is 4.86. The van der Waals surface area contributed by atoms with Crippen molar-refractivity contribution < 1.29 is 13.5 Å². The van der Waals surface area contributed by atoms with E-state index in [1.165, 1.54) is 6.07 Å². The topological polar surface area (TPSA) is 30.3 Å². The van der Waals surface area contributed by atoms with Crippen LogP contribution in [0.5, 0.6) is 0 Å². The molecule has 0 spiro atoms. The number of nitrogens with zero attached hydrogens (tertiary/aromatic N) is 3. The lowest BCUT2D eigenvalue weighted by Gasteiger charge is -2.30. The lowest BCUT2D eigenvalue weighted by molar-refractivity contribution is -0.0269. The third-order valence-corrected chi connectivity index (χ3v) is 3.41. The van der Waals surface area contributed by atoms with Crippen molar-refractivity contribution in [1.82, 2.24) is 14.5 Å². The van der Waals surface area contributed by atoms with Crippen LogP contribution in [0.4, 0.5) is 8.78 Å². The fourth-order valence-electron chi connectivity index (χ4n) is 2.40. The molecule has 4 nitrogen and oxygen atoms in total. The summed E-state index contributed by atoms with van der Waals surface area (Å²) in [4.78, 5) is 6.28. The molecule has 0 aliphatic carbocycles. The van der Waals surface area contributed by atoms with Crippen LogP contribution < -0.4 is 0 Å². The molecule has 19 heavy (non-hydrogen) atoms. The Hall–Kier alpha value is -1.53. The van der Waals surface area contributed by atoms with Gasteiger partial charge in [0.05, 0.1) is 36.6 Å². The van der Waals surface area contributed by atoms with Crippen molar-refractivity contribution in [1.29, 1.82) is 0 Å². The Labute approximate surface area is 109 Å². The first-order valence-electron chi connectivity index (χ1n) is 6.23. The van der Waals surface area contributed by atoms with Gasteiger partial charge in [-0.3, -0.25) is 0 Å². The van der Waals surface area contributed by atoms with Gasteiger partial charge in [0.1, 0.15) is 0 Å². The van der Waals surface area contributed by atoms with E-state index < -0.39 is 11.6 Å². The highest BCUT2D eigenvalue weighted by Gasteiger charge is 2.19. The summed E-state index contributed by atoms with van der Waals surface area (Å²) in [5.74, 6) is -1.72. The molecule has 1 fully saturated rings. The Bertz CT molecular complexity index is 599. The number of rotatable bonds is 2. The molecule has 1 aromatic heterocycles. The van der Waals surface area contributed by atoms with Crippen molar-refractivity contribution >= 4 is 11.0 Å². The number of ether oxygens (including phenoxy) is 1. The molecule has 1 unspecified atom stereocenters. The normalized spacial score (nSPS) is 21.1. The highest BCUT2D eigenvalue weighted by molar-refractivity contribution is 5.75. The number of benzene rings is 1. The minimum atomic E-state index is -0.869. The van der Waals surface area contributed by atoms with Gasteiger partial charge in [-0.05, 0) is 7.05 Å². The van der Waals surface area contributed by atoms with E-state index in [1.807, 2.05) is 11.6 Å². The molecule has 0 radical (unpaired) electrons. The van der Waals surface area contributed by atoms with E-state index in [1.54, 1.807) is 6.33 Å². The van der Waals surface area contributed by atoms with Crippen molar-refractivity contribution in [2.24, 2.45) is 0 Å². The molecule has 0 saturated carbocycles. The van der Waals surface area contributed by atoms with E-state index in [4.69, 9.17) is 4.74 Å². The molecular weight excluding hydrogens is 252 g/mol. The summed E-state index contributed by atoms with van der Waals surface area (Å²) in [7, 11) is 2.04. The first-order valence-corrected chi connectivity index (χ1v) is 6.23. The molecule has 6 heteroatoms. The largest absolute Gasteiger partial charge is 0.374 e. The van der Waals surface area contributed by atoms with Gasteiger partial charge in [-0.15, -0.1) is 0 Å². The zero-order valence-electron chi connectivity index (χ0n) is 10.6. The Kier molecular flexibility index (Phi) is 3.20. The monoisotopic (exact) mass is 267 g/mol. The molecule has 1 aliphatic heterocycles. The summed E-state index contributed by atoms with van der Waals surface area (Å²) in [6.45, 7) is 3.02. The van der Waals surface area contributed by atoms with Crippen LogP contribution in [0.3, 0.4) is 0 Å². The highest BCUT2D eigenvalue weighted by atomic mass is 19.2. The minimum Gasteiger partial charge on any atom is -0.374 e. The van der Waals surface area contributed by atoms with Crippen LogP contribution in [0.2, 0.25) is 0 Å². The van der Waals surface area contributed by atoms with Crippen LogP contribution in [0.15, 0.2) is 18.5 Å². The fourth-order valence-corrected chi connectivity index (χ4v) is 2.40. The van der Waals surface area contributed by atoms with Gasteiger partial charge < -0.3 is 14.2 Å². The third kappa shape index (κ3) is 2.46. The number of hydrogen-bond acceptors (Lipinski definition) is 3. The van der Waals surface area contributed by atoms with Gasteiger partial charge in [0.15, 0.2) is 11.6 Å². The summed E-state index contributed by atoms with van der Waals surface area (Å²) in [6, 6.07) is 2.30. The molecule has 2 aromatic rings. The second-order valence-electron chi connectivity index (χ2n) is 4.91. The third-order valence-electron chi connectivity index (χ3n) is 3.41. The first-order chi connectivity index (χ1) is 9.13. The summed E-state index contributed by atoms with van der Waals surface area (Å²) in [5.41, 5.74) is 1.05. The van der Waals surface area contributed by atoms with Gasteiger partial charge in [0.2, 0.25) is 0 Å². The molecule has 1 atom stereocenters. The van der Waals surface area contributed by atoms with Crippen LogP contribution in [-0.2, 0) is 11.3 Å². The quantitative estimate of drug-likeness (QED) is 0.828. The fraction of sp³-hybridized carbons (Fsp3) is 0.462. The molecule has 0 N–H and O–H groups in total. The van der Waals surface area contributed by atoms with E-state index in [2.05, 4.69) is 9.88 Å². The summed E-state index contributed by atoms with van der Waals surface area (Å²) in [5, 5.41) is 0. The average Bonchev–Trinajstić information content (AvgIpc) is 2.73. The van der Waals surface area contributed by atoms with Gasteiger partial charge in [0, 0.05) is 25.2 Å². The molecule has 0 bridgehead atoms. The zero-order chi connectivity index (χ0) is 13.4. The van der Waals surface area contributed by atoms with E-state index in [0.29, 0.717) is 24.2 Å². The first kappa shape index (κ1) is 12.5. The SMILES string of the molecule is CN1CCOC(Cn2cnc3cc(F)c(F)cc32)C1. The number of fused-ring (bicyclic) bond motifs is 1. The lowest BCUT2D eigenvalue weighted by atomic mass is 10.2. The number of morpholine rings is 1. The molecule has 2 heterocycles. The van der Waals surface area contributed by atoms with Crippen molar-refractivity contribution in [3.63, 3.8) is 0 Å². The maximum absolute atomic E-state index is 13.3. The standard InChI is InChI=1S/C13H15F2N3O/c1-17-2-3-19-9(6-17)7-18-8-16-12-4-10(14)11(15)5-13(12)18/h4-5,8-9H,2-3,6-7H2,1H3. The number of hydrogen-bond donors (Lipinski definition) is 0. The lowest BCUT2D eigenvalue weighted by Crippen LogP contribution is -2.41. The van der Waals surface area contributed by atoms with Crippen molar-refractivity contribution in [2.45, 2.75) is 12.6 Å². The minimum absolute atomic E-state index is 0.0456. The van der Waals surface area contributed by atoms with Gasteiger partial charge >= 0.3 is 0 Å². The van der Waals surface area contributed by atoms with Crippen LogP contribution in [0, 0.1) is 11.6 Å². The number of halogens is 2. The molecule has 3 rings (SSSR count). The van der Waals surface area contributed by atoms with E-state index in [0.717, 1.165) is 19.2 Å². The van der Waals surface area contributed by atoms with Crippen LogP contribution in [0.25, 0.3) is 11.0 Å². The van der Waals surface area contributed by atoms with E-state index in [-0.39, 0.29) is 6.10 Å². The molecule has 1 saturated heterocycles. The Balaban J connectivity index is 1.86. The van der Waals surface area contributed by atoms with Crippen molar-refractivity contribution in [3.05, 3.63) is 30.1 Å². The highest BCUT2D eigenvalue weighted by Crippen LogP contribution is 2.18. The van der Waals surface area contributed by atoms with E-state index in [9.17, 15) is 8.78 Å². The Morgan fingerprint density at radius 1 is 1.37 bits per heavy atom. The average molecular weight is 267 g/mol. The predicted molar refractivity (Wildman–Crippen MR) is 66.9 cm³/mol. The Morgan fingerprint density at radius 3 is 2.95 bits per heavy atom. The number of aromatic nitrogens is 2. The van der Waals surface area contributed by atoms with Gasteiger partial charge in [-0.2, -0.15) is 0 Å². The van der Waals surface area contributed by atoms with Gasteiger partial charge in [-0.25, -0.2) is 13.8 Å². The van der Waals surface area contributed by atoms with Crippen molar-refractivity contribution in [3.8, 4) is 0 Å². The van der Waals surface area contributed by atoms with Crippen LogP contribution in [0.1, 0.15) is 0 Å². The second-order valence-corrected chi connectivity index (χ2v) is 4.91. The number of likely N-dealkylation sites (N-methyl/N-ethyl adjacent to an activating group) is 1. The zero-order valence-corrected chi connectivity index (χ0v) is 10.6. The smallest absolute Gasteiger partial charge is 0.161 e. The molecule has 102 valence electrons. The summed E-state index contributed by atoms with van der Waals surface area (Å²) >= 11 is 0. The maximum atomic E-state index is 13.3. The van der Waals surface area contributed by atoms with Gasteiger partial charge in [-0.1, -0.05) is 0 Å². The molecule has 1 aliphatic rings. The van der Waals surface area contributed by atoms with Crippen LogP contribution in [-0.4, -0.2) is 47.3 Å². The van der Waals surface area contributed by atoms with Crippen LogP contribution >= 0.6 is 0 Å². The summed E-state index contributed by atoms with van der Waals surface area (Å²) in [6.07, 6.45) is 1.64. The summed E-state index contributed by atoms with van der Waals surface area (Å²) < 4.78 is 33.9. The van der Waals surface area contributed by atoms with E-state index >= 15 is 0 Å². The maximum Gasteiger partial charge on any atom is 0.161 e. The number of imidazole rings is 1. The molecular formula is C13H15F2N3O. The molecule has 0 amide bonds. The molecule has 1 aromatic carbocycles.